The second-order valence-electron chi connectivity index (χ2n) is 4.02. The van der Waals surface area contributed by atoms with E-state index in [2.05, 4.69) is 4.99 Å². The molecule has 12 heavy (non-hydrogen) atoms. The predicted molar refractivity (Wildman–Crippen MR) is 49.6 cm³/mol. The molecule has 0 radical (unpaired) electrons. The van der Waals surface area contributed by atoms with Crippen LogP contribution >= 0.6 is 0 Å². The van der Waals surface area contributed by atoms with Crippen LogP contribution in [0.25, 0.3) is 0 Å². The number of rotatable bonds is 1. The summed E-state index contributed by atoms with van der Waals surface area (Å²) in [4.78, 5) is 4.40. The van der Waals surface area contributed by atoms with E-state index in [0.717, 1.165) is 37.9 Å². The summed E-state index contributed by atoms with van der Waals surface area (Å²) in [6.07, 6.45) is 7.73. The molecule has 2 nitrogen and oxygen atoms in total. The molecule has 0 saturated heterocycles. The van der Waals surface area contributed by atoms with Crippen molar-refractivity contribution in [3.8, 4) is 0 Å². The lowest BCUT2D eigenvalue weighted by molar-refractivity contribution is 0.0695. The summed E-state index contributed by atoms with van der Waals surface area (Å²) in [6.45, 7) is 0.942. The van der Waals surface area contributed by atoms with E-state index < -0.39 is 5.60 Å². The third kappa shape index (κ3) is 1.40. The SMILES string of the molecule is OC1(C2=NCCC2)CCCCC1. The molecule has 0 aromatic rings. The number of hydrogen-bond acceptors (Lipinski definition) is 2. The highest BCUT2D eigenvalue weighted by Crippen LogP contribution is 2.32. The zero-order valence-corrected chi connectivity index (χ0v) is 7.55. The molecule has 0 aromatic carbocycles. The molecule has 68 valence electrons. The molecule has 0 bridgehead atoms. The maximum atomic E-state index is 10.2. The van der Waals surface area contributed by atoms with Crippen LogP contribution in [0.4, 0.5) is 0 Å². The molecule has 2 heteroatoms. The first kappa shape index (κ1) is 8.24. The van der Waals surface area contributed by atoms with E-state index >= 15 is 0 Å². The van der Waals surface area contributed by atoms with Gasteiger partial charge in [0.2, 0.25) is 0 Å². The summed E-state index contributed by atoms with van der Waals surface area (Å²) in [5.41, 5.74) is 0.608. The van der Waals surface area contributed by atoms with Gasteiger partial charge in [-0.3, -0.25) is 4.99 Å². The Morgan fingerprint density at radius 2 is 1.83 bits per heavy atom. The van der Waals surface area contributed by atoms with Crippen LogP contribution in [0.3, 0.4) is 0 Å². The molecule has 1 aliphatic heterocycles. The zero-order chi connectivity index (χ0) is 8.44. The largest absolute Gasteiger partial charge is 0.384 e. The Morgan fingerprint density at radius 3 is 2.42 bits per heavy atom. The maximum absolute atomic E-state index is 10.2. The van der Waals surface area contributed by atoms with Crippen LogP contribution in [-0.2, 0) is 0 Å². The van der Waals surface area contributed by atoms with Crippen molar-refractivity contribution in [1.29, 1.82) is 0 Å². The van der Waals surface area contributed by atoms with Crippen molar-refractivity contribution in [3.63, 3.8) is 0 Å². The molecule has 0 aromatic heterocycles. The van der Waals surface area contributed by atoms with Gasteiger partial charge in [-0.2, -0.15) is 0 Å². The monoisotopic (exact) mass is 167 g/mol. The zero-order valence-electron chi connectivity index (χ0n) is 7.55. The summed E-state index contributed by atoms with van der Waals surface area (Å²) in [5, 5.41) is 10.2. The second-order valence-corrected chi connectivity index (χ2v) is 4.02. The lowest BCUT2D eigenvalue weighted by atomic mass is 9.80. The second kappa shape index (κ2) is 3.17. The molecule has 2 aliphatic rings. The van der Waals surface area contributed by atoms with Gasteiger partial charge in [0.25, 0.3) is 0 Å². The first-order valence-corrected chi connectivity index (χ1v) is 5.07. The quantitative estimate of drug-likeness (QED) is 0.635. The summed E-state index contributed by atoms with van der Waals surface area (Å²) < 4.78 is 0. The molecule has 0 spiro atoms. The van der Waals surface area contributed by atoms with E-state index in [4.69, 9.17) is 0 Å². The van der Waals surface area contributed by atoms with Crippen LogP contribution in [0.15, 0.2) is 4.99 Å². The van der Waals surface area contributed by atoms with Crippen LogP contribution in [0.2, 0.25) is 0 Å². The molecule has 0 amide bonds. The fourth-order valence-corrected chi connectivity index (χ4v) is 2.34. The highest BCUT2D eigenvalue weighted by molar-refractivity contribution is 5.93. The minimum atomic E-state index is -0.491. The predicted octanol–water partition coefficient (Wildman–Crippen LogP) is 1.92. The molecule has 1 heterocycles. The van der Waals surface area contributed by atoms with Gasteiger partial charge in [0.05, 0.1) is 0 Å². The molecule has 2 rings (SSSR count). The normalized spacial score (nSPS) is 28.6. The van der Waals surface area contributed by atoms with E-state index in [9.17, 15) is 5.11 Å². The van der Waals surface area contributed by atoms with E-state index in [0.29, 0.717) is 0 Å². The van der Waals surface area contributed by atoms with E-state index in [-0.39, 0.29) is 0 Å². The minimum Gasteiger partial charge on any atom is -0.384 e. The van der Waals surface area contributed by atoms with Crippen molar-refractivity contribution in [2.45, 2.75) is 50.5 Å². The lowest BCUT2D eigenvalue weighted by Crippen LogP contribution is -2.39. The molecule has 0 atom stereocenters. The molecule has 1 aliphatic carbocycles. The molecule has 1 saturated carbocycles. The maximum Gasteiger partial charge on any atom is 0.102 e. The van der Waals surface area contributed by atoms with Crippen LogP contribution in [0, 0.1) is 0 Å². The van der Waals surface area contributed by atoms with Gasteiger partial charge >= 0.3 is 0 Å². The van der Waals surface area contributed by atoms with Crippen molar-refractivity contribution in [3.05, 3.63) is 0 Å². The van der Waals surface area contributed by atoms with Gasteiger partial charge in [-0.15, -0.1) is 0 Å². The third-order valence-corrected chi connectivity index (χ3v) is 3.09. The van der Waals surface area contributed by atoms with E-state index in [1.54, 1.807) is 0 Å². The topological polar surface area (TPSA) is 32.6 Å². The summed E-state index contributed by atoms with van der Waals surface area (Å²) in [7, 11) is 0. The Bertz CT molecular complexity index is 192. The molecule has 1 fully saturated rings. The Balaban J connectivity index is 2.07. The van der Waals surface area contributed by atoms with Crippen LogP contribution in [-0.4, -0.2) is 23.0 Å². The number of aliphatic hydroxyl groups is 1. The summed E-state index contributed by atoms with van der Waals surface area (Å²) in [5.74, 6) is 0. The van der Waals surface area contributed by atoms with Gasteiger partial charge in [-0.25, -0.2) is 0 Å². The smallest absolute Gasteiger partial charge is 0.102 e. The average molecular weight is 167 g/mol. The van der Waals surface area contributed by atoms with Crippen LogP contribution in [0.5, 0.6) is 0 Å². The molecular formula is C10H17NO. The van der Waals surface area contributed by atoms with Crippen molar-refractivity contribution in [2.24, 2.45) is 4.99 Å². The van der Waals surface area contributed by atoms with Crippen LogP contribution < -0.4 is 0 Å². The van der Waals surface area contributed by atoms with Gasteiger partial charge in [-0.05, 0) is 25.7 Å². The van der Waals surface area contributed by atoms with Gasteiger partial charge in [0, 0.05) is 12.3 Å². The van der Waals surface area contributed by atoms with Gasteiger partial charge < -0.3 is 5.11 Å². The number of aliphatic imine (C=N–C) groups is 1. The average Bonchev–Trinajstić information content (AvgIpc) is 2.58. The third-order valence-electron chi connectivity index (χ3n) is 3.09. The van der Waals surface area contributed by atoms with Gasteiger partial charge in [0.1, 0.15) is 5.60 Å². The van der Waals surface area contributed by atoms with E-state index in [1.165, 1.54) is 19.3 Å². The van der Waals surface area contributed by atoms with Crippen molar-refractivity contribution in [1.82, 2.24) is 0 Å². The Morgan fingerprint density at radius 1 is 1.08 bits per heavy atom. The fourth-order valence-electron chi connectivity index (χ4n) is 2.34. The molecule has 0 unspecified atom stereocenters. The highest BCUT2D eigenvalue weighted by atomic mass is 16.3. The van der Waals surface area contributed by atoms with Gasteiger partial charge in [0.15, 0.2) is 0 Å². The van der Waals surface area contributed by atoms with Crippen LogP contribution in [0.1, 0.15) is 44.9 Å². The van der Waals surface area contributed by atoms with Crippen molar-refractivity contribution >= 4 is 5.71 Å². The minimum absolute atomic E-state index is 0.491. The molecular weight excluding hydrogens is 150 g/mol. The standard InChI is InChI=1S/C10H17NO/c12-10(6-2-1-3-7-10)9-5-4-8-11-9/h12H,1-8H2. The fraction of sp³-hybridized carbons (Fsp3) is 0.900. The molecule has 1 N–H and O–H groups in total. The Hall–Kier alpha value is -0.370. The lowest BCUT2D eigenvalue weighted by Gasteiger charge is -2.32. The summed E-state index contributed by atoms with van der Waals surface area (Å²) >= 11 is 0. The highest BCUT2D eigenvalue weighted by Gasteiger charge is 2.35. The number of hydrogen-bond donors (Lipinski definition) is 1. The number of nitrogens with zero attached hydrogens (tertiary/aromatic N) is 1. The Labute approximate surface area is 73.7 Å². The van der Waals surface area contributed by atoms with Gasteiger partial charge in [-0.1, -0.05) is 19.3 Å². The Kier molecular flexibility index (Phi) is 2.18. The first-order valence-electron chi connectivity index (χ1n) is 5.07. The summed E-state index contributed by atoms with van der Waals surface area (Å²) in [6, 6.07) is 0. The van der Waals surface area contributed by atoms with Crippen molar-refractivity contribution < 1.29 is 5.11 Å². The van der Waals surface area contributed by atoms with E-state index in [1.807, 2.05) is 0 Å². The van der Waals surface area contributed by atoms with Crippen molar-refractivity contribution in [2.75, 3.05) is 6.54 Å². The first-order chi connectivity index (χ1) is 5.81.